The lowest BCUT2D eigenvalue weighted by Crippen LogP contribution is -2.55. The van der Waals surface area contributed by atoms with Gasteiger partial charge in [-0.3, -0.25) is 0 Å². The molecule has 15 heavy (non-hydrogen) atoms. The number of fused-ring (bicyclic) bond motifs is 2. The van der Waals surface area contributed by atoms with E-state index in [1.807, 2.05) is 6.92 Å². The van der Waals surface area contributed by atoms with Crippen LogP contribution >= 0.6 is 0 Å². The van der Waals surface area contributed by atoms with Gasteiger partial charge in [0.15, 0.2) is 0 Å². The topological polar surface area (TPSA) is 35.5 Å². The molecular formula is C12H24N2O. The van der Waals surface area contributed by atoms with Crippen molar-refractivity contribution < 1.29 is 5.11 Å². The summed E-state index contributed by atoms with van der Waals surface area (Å²) >= 11 is 0. The lowest BCUT2D eigenvalue weighted by Gasteiger charge is -2.47. The van der Waals surface area contributed by atoms with Gasteiger partial charge < -0.3 is 15.3 Å². The van der Waals surface area contributed by atoms with E-state index in [1.54, 1.807) is 0 Å². The molecule has 0 aromatic heterocycles. The molecule has 2 heterocycles. The van der Waals surface area contributed by atoms with Gasteiger partial charge in [-0.2, -0.15) is 0 Å². The molecule has 3 atom stereocenters. The van der Waals surface area contributed by atoms with Crippen molar-refractivity contribution in [3.05, 3.63) is 0 Å². The first kappa shape index (κ1) is 11.4. The van der Waals surface area contributed by atoms with Crippen LogP contribution < -0.4 is 5.32 Å². The Labute approximate surface area is 92.8 Å². The van der Waals surface area contributed by atoms with E-state index in [1.165, 1.54) is 32.1 Å². The monoisotopic (exact) mass is 212 g/mol. The third kappa shape index (κ3) is 2.71. The molecule has 0 aliphatic carbocycles. The molecule has 2 saturated heterocycles. The Morgan fingerprint density at radius 2 is 1.93 bits per heavy atom. The van der Waals surface area contributed by atoms with Crippen LogP contribution in [-0.2, 0) is 0 Å². The minimum atomic E-state index is -0.218. The lowest BCUT2D eigenvalue weighted by atomic mass is 9.82. The van der Waals surface area contributed by atoms with Gasteiger partial charge in [0, 0.05) is 24.7 Å². The van der Waals surface area contributed by atoms with Crippen LogP contribution in [0.5, 0.6) is 0 Å². The first-order chi connectivity index (χ1) is 7.16. The lowest BCUT2D eigenvalue weighted by molar-refractivity contribution is 0.0454. The van der Waals surface area contributed by atoms with Gasteiger partial charge in [-0.05, 0) is 39.7 Å². The molecule has 0 amide bonds. The van der Waals surface area contributed by atoms with Crippen molar-refractivity contribution in [3.63, 3.8) is 0 Å². The molecule has 2 rings (SSSR count). The maximum absolute atomic E-state index is 9.27. The van der Waals surface area contributed by atoms with Gasteiger partial charge in [-0.25, -0.2) is 0 Å². The first-order valence-electron chi connectivity index (χ1n) is 6.30. The molecule has 0 saturated carbocycles. The zero-order chi connectivity index (χ0) is 10.8. The maximum atomic E-state index is 9.27. The van der Waals surface area contributed by atoms with Crippen molar-refractivity contribution >= 4 is 0 Å². The maximum Gasteiger partial charge on any atom is 0.0636 e. The van der Waals surface area contributed by atoms with Gasteiger partial charge in [0.2, 0.25) is 0 Å². The summed E-state index contributed by atoms with van der Waals surface area (Å²) in [4.78, 5) is 2.57. The highest BCUT2D eigenvalue weighted by molar-refractivity contribution is 4.93. The third-order valence-corrected chi connectivity index (χ3v) is 4.04. The van der Waals surface area contributed by atoms with Crippen molar-refractivity contribution in [1.82, 2.24) is 10.2 Å². The molecule has 2 aliphatic rings. The fourth-order valence-electron chi connectivity index (χ4n) is 3.12. The van der Waals surface area contributed by atoms with Gasteiger partial charge >= 0.3 is 0 Å². The molecule has 0 aromatic carbocycles. The summed E-state index contributed by atoms with van der Waals surface area (Å²) in [6.45, 7) is 2.59. The smallest absolute Gasteiger partial charge is 0.0636 e. The van der Waals surface area contributed by atoms with Crippen LogP contribution in [0, 0.1) is 0 Å². The number of hydrogen-bond donors (Lipinski definition) is 2. The number of nitrogens with zero attached hydrogens (tertiary/aromatic N) is 1. The van der Waals surface area contributed by atoms with E-state index in [0.717, 1.165) is 18.6 Å². The number of nitrogens with one attached hydrogen (secondary N) is 1. The summed E-state index contributed by atoms with van der Waals surface area (Å²) in [6.07, 6.45) is 6.44. The average molecular weight is 212 g/mol. The van der Waals surface area contributed by atoms with E-state index >= 15 is 0 Å². The summed E-state index contributed by atoms with van der Waals surface area (Å²) in [6, 6.07) is 2.19. The van der Waals surface area contributed by atoms with E-state index in [9.17, 15) is 5.11 Å². The molecule has 0 radical (unpaired) electrons. The molecule has 2 unspecified atom stereocenters. The quantitative estimate of drug-likeness (QED) is 0.732. The van der Waals surface area contributed by atoms with Crippen LogP contribution in [0.4, 0.5) is 0 Å². The second-order valence-electron chi connectivity index (χ2n) is 5.33. The molecule has 0 aromatic rings. The zero-order valence-corrected chi connectivity index (χ0v) is 9.95. The minimum Gasteiger partial charge on any atom is -0.392 e. The van der Waals surface area contributed by atoms with Crippen LogP contribution in [-0.4, -0.2) is 47.8 Å². The highest BCUT2D eigenvalue weighted by Crippen LogP contribution is 2.32. The summed E-state index contributed by atoms with van der Waals surface area (Å²) in [5, 5.41) is 12.8. The van der Waals surface area contributed by atoms with E-state index in [-0.39, 0.29) is 6.10 Å². The number of rotatable bonds is 3. The Morgan fingerprint density at radius 1 is 1.33 bits per heavy atom. The zero-order valence-electron chi connectivity index (χ0n) is 9.95. The van der Waals surface area contributed by atoms with E-state index in [4.69, 9.17) is 0 Å². The predicted molar refractivity (Wildman–Crippen MR) is 61.9 cm³/mol. The van der Waals surface area contributed by atoms with Gasteiger partial charge in [-0.1, -0.05) is 6.42 Å². The van der Waals surface area contributed by atoms with E-state index < -0.39 is 0 Å². The normalized spacial score (nSPS) is 39.0. The van der Waals surface area contributed by atoms with Crippen molar-refractivity contribution in [3.8, 4) is 0 Å². The Morgan fingerprint density at radius 3 is 2.47 bits per heavy atom. The summed E-state index contributed by atoms with van der Waals surface area (Å²) < 4.78 is 0. The number of aliphatic hydroxyl groups is 1. The molecule has 0 spiro atoms. The van der Waals surface area contributed by atoms with Gasteiger partial charge in [0.1, 0.15) is 0 Å². The van der Waals surface area contributed by atoms with E-state index in [2.05, 4.69) is 17.3 Å². The Hall–Kier alpha value is -0.120. The van der Waals surface area contributed by atoms with Crippen molar-refractivity contribution in [2.75, 3.05) is 13.6 Å². The highest BCUT2D eigenvalue weighted by atomic mass is 16.3. The van der Waals surface area contributed by atoms with Crippen molar-refractivity contribution in [1.29, 1.82) is 0 Å². The fourth-order valence-corrected chi connectivity index (χ4v) is 3.12. The number of aliphatic hydroxyl groups excluding tert-OH is 1. The van der Waals surface area contributed by atoms with Crippen LogP contribution in [0.2, 0.25) is 0 Å². The van der Waals surface area contributed by atoms with Gasteiger partial charge in [0.05, 0.1) is 6.10 Å². The Kier molecular flexibility index (Phi) is 3.65. The van der Waals surface area contributed by atoms with Crippen LogP contribution in [0.3, 0.4) is 0 Å². The highest BCUT2D eigenvalue weighted by Gasteiger charge is 2.35. The molecule has 2 bridgehead atoms. The largest absolute Gasteiger partial charge is 0.392 e. The first-order valence-corrected chi connectivity index (χ1v) is 6.30. The molecule has 2 N–H and O–H groups in total. The predicted octanol–water partition coefficient (Wildman–Crippen LogP) is 0.972. The molecule has 88 valence electrons. The molecular weight excluding hydrogens is 188 g/mol. The Bertz CT molecular complexity index is 194. The summed E-state index contributed by atoms with van der Waals surface area (Å²) in [5.41, 5.74) is 0. The fraction of sp³-hybridized carbons (Fsp3) is 1.00. The second-order valence-corrected chi connectivity index (χ2v) is 5.33. The van der Waals surface area contributed by atoms with Crippen LogP contribution in [0.25, 0.3) is 0 Å². The summed E-state index contributed by atoms with van der Waals surface area (Å²) in [7, 11) is 2.28. The molecule has 2 aliphatic heterocycles. The van der Waals surface area contributed by atoms with E-state index in [0.29, 0.717) is 6.04 Å². The summed E-state index contributed by atoms with van der Waals surface area (Å²) in [5.74, 6) is 0. The number of hydrogen-bond acceptors (Lipinski definition) is 3. The minimum absolute atomic E-state index is 0.218. The van der Waals surface area contributed by atoms with Crippen molar-refractivity contribution in [2.45, 2.75) is 63.3 Å². The number of piperidine rings is 2. The molecule has 2 fully saturated rings. The standard InChI is InChI=1S/C12H24N2O/c1-9(15)8-13-10-6-11-4-3-5-12(7-10)14(11)2/h9-13,15H,3-8H2,1-2H3/t9-,10?,11?,12?/m0/s1. The average Bonchev–Trinajstić information content (AvgIpc) is 2.15. The van der Waals surface area contributed by atoms with Crippen LogP contribution in [0.1, 0.15) is 39.0 Å². The second kappa shape index (κ2) is 4.81. The van der Waals surface area contributed by atoms with Crippen LogP contribution in [0.15, 0.2) is 0 Å². The van der Waals surface area contributed by atoms with Gasteiger partial charge in [0.25, 0.3) is 0 Å². The Balaban J connectivity index is 1.84. The molecule has 3 heteroatoms. The third-order valence-electron chi connectivity index (χ3n) is 4.04. The van der Waals surface area contributed by atoms with Gasteiger partial charge in [-0.15, -0.1) is 0 Å². The SMILES string of the molecule is C[C@H](O)CNC1CC2CCCC(C1)N2C. The molecule has 3 nitrogen and oxygen atoms in total. The van der Waals surface area contributed by atoms with Crippen molar-refractivity contribution in [2.24, 2.45) is 0 Å².